The predicted octanol–water partition coefficient (Wildman–Crippen LogP) is 10.3. The molecule has 0 bridgehead atoms. The van der Waals surface area contributed by atoms with Gasteiger partial charge in [-0.3, -0.25) is 29.4 Å². The monoisotopic (exact) mass is 826 g/mol. The number of nitro groups is 2. The van der Waals surface area contributed by atoms with Crippen LogP contribution in [0.4, 0.5) is 11.4 Å². The standard InChI is InChI=1S/C48H34N4O8S/c53-51(54)35-15-9-13-33(27-35)43-39-21-19-31-11-1-3-17-37(31)45(39)59-47(49-23-5-6-24-49)41(43)29-61(57,58)30-42-44(34-14-10-16-36(28-34)52(55)56)40-22-20-32-12-2-4-18-38(32)46(40)60-48(42)50-25-7-8-26-50/h1-28,43-44H,29-30H2. The van der Waals surface area contributed by atoms with Gasteiger partial charge in [-0.15, -0.1) is 0 Å². The highest BCUT2D eigenvalue weighted by Crippen LogP contribution is 2.51. The quantitative estimate of drug-likeness (QED) is 0.0977. The van der Waals surface area contributed by atoms with E-state index in [1.54, 1.807) is 58.2 Å². The fourth-order valence-corrected chi connectivity index (χ4v) is 10.4. The molecule has 12 nitrogen and oxygen atoms in total. The van der Waals surface area contributed by atoms with Crippen molar-refractivity contribution in [3.8, 4) is 11.5 Å². The SMILES string of the molecule is O=[N+]([O-])c1cccc(C2C(CS(=O)(=O)CC3=C(n4cccc4)Oc4c(ccc5ccccc45)C3c3cccc([N+](=O)[O-])c3)=C(n3cccc3)Oc3c2ccc2ccccc32)c1. The fourth-order valence-electron chi connectivity index (χ4n) is 8.74. The van der Waals surface area contributed by atoms with Gasteiger partial charge in [-0.1, -0.05) is 97.1 Å². The third-order valence-corrected chi connectivity index (χ3v) is 12.8. The zero-order valence-electron chi connectivity index (χ0n) is 32.2. The number of non-ortho nitro benzene ring substituents is 2. The number of rotatable bonds is 10. The van der Waals surface area contributed by atoms with E-state index in [1.165, 1.54) is 24.3 Å². The first-order valence-electron chi connectivity index (χ1n) is 19.4. The van der Waals surface area contributed by atoms with E-state index in [4.69, 9.17) is 9.47 Å². The van der Waals surface area contributed by atoms with Gasteiger partial charge < -0.3 is 9.47 Å². The lowest BCUT2D eigenvalue weighted by molar-refractivity contribution is -0.385. The van der Waals surface area contributed by atoms with E-state index < -0.39 is 43.0 Å². The van der Waals surface area contributed by atoms with E-state index in [9.17, 15) is 20.2 Å². The third kappa shape index (κ3) is 6.70. The number of hydrogen-bond donors (Lipinski definition) is 0. The number of nitro benzene ring substituents is 2. The van der Waals surface area contributed by atoms with E-state index in [2.05, 4.69) is 0 Å². The zero-order chi connectivity index (χ0) is 41.8. The molecule has 2 unspecified atom stereocenters. The van der Waals surface area contributed by atoms with Gasteiger partial charge >= 0.3 is 0 Å². The number of nitrogens with zero attached hydrogens (tertiary/aromatic N) is 4. The smallest absolute Gasteiger partial charge is 0.269 e. The van der Waals surface area contributed by atoms with Crippen molar-refractivity contribution in [1.82, 2.24) is 9.13 Å². The summed E-state index contributed by atoms with van der Waals surface area (Å²) >= 11 is 0. The van der Waals surface area contributed by atoms with Gasteiger partial charge in [0.2, 0.25) is 11.8 Å². The lowest BCUT2D eigenvalue weighted by atomic mass is 9.82. The molecule has 6 aromatic carbocycles. The molecule has 2 atom stereocenters. The van der Waals surface area contributed by atoms with Crippen molar-refractivity contribution in [3.63, 3.8) is 0 Å². The van der Waals surface area contributed by atoms with E-state index in [-0.39, 0.29) is 23.1 Å². The Kier molecular flexibility index (Phi) is 9.10. The van der Waals surface area contributed by atoms with Gasteiger partial charge in [-0.05, 0) is 46.2 Å². The fraction of sp³-hybridized carbons (Fsp3) is 0.0833. The maximum absolute atomic E-state index is 15.3. The molecule has 0 fully saturated rings. The minimum Gasteiger partial charge on any atom is -0.439 e. The van der Waals surface area contributed by atoms with Crippen LogP contribution in [0.2, 0.25) is 0 Å². The molecule has 61 heavy (non-hydrogen) atoms. The van der Waals surface area contributed by atoms with Gasteiger partial charge in [-0.25, -0.2) is 8.42 Å². The molecular formula is C48H34N4O8S. The van der Waals surface area contributed by atoms with Crippen molar-refractivity contribution in [2.45, 2.75) is 11.8 Å². The summed E-state index contributed by atoms with van der Waals surface area (Å²) in [5.41, 5.74) is 2.83. The molecule has 2 aliphatic heterocycles. The summed E-state index contributed by atoms with van der Waals surface area (Å²) in [6.07, 6.45) is 7.07. The second kappa shape index (κ2) is 14.8. The molecule has 10 rings (SSSR count). The summed E-state index contributed by atoms with van der Waals surface area (Å²) in [6, 6.07) is 42.8. The Labute approximate surface area is 349 Å². The lowest BCUT2D eigenvalue weighted by Gasteiger charge is -2.34. The second-order valence-corrected chi connectivity index (χ2v) is 17.1. The number of hydrogen-bond acceptors (Lipinski definition) is 8. The van der Waals surface area contributed by atoms with Crippen molar-refractivity contribution in [2.24, 2.45) is 0 Å². The number of benzene rings is 6. The first kappa shape index (κ1) is 37.5. The Hall–Kier alpha value is -7.77. The van der Waals surface area contributed by atoms with Gasteiger partial charge in [0, 0.05) is 93.9 Å². The summed E-state index contributed by atoms with van der Waals surface area (Å²) in [7, 11) is -4.22. The van der Waals surface area contributed by atoms with Crippen LogP contribution in [0.15, 0.2) is 182 Å². The minimum atomic E-state index is -4.22. The Morgan fingerprint density at radius 3 is 1.33 bits per heavy atom. The number of ether oxygens (including phenoxy) is 2. The molecule has 0 aliphatic carbocycles. The van der Waals surface area contributed by atoms with Gasteiger partial charge in [0.1, 0.15) is 11.5 Å². The Morgan fingerprint density at radius 2 is 0.918 bits per heavy atom. The summed E-state index contributed by atoms with van der Waals surface area (Å²) in [5.74, 6) is -1.02. The first-order valence-corrected chi connectivity index (χ1v) is 21.3. The molecule has 2 aliphatic rings. The molecule has 13 heteroatoms. The highest BCUT2D eigenvalue weighted by atomic mass is 32.2. The Morgan fingerprint density at radius 1 is 0.508 bits per heavy atom. The van der Waals surface area contributed by atoms with E-state index in [1.807, 2.05) is 97.1 Å². The molecule has 0 spiro atoms. The Balaban J connectivity index is 1.17. The van der Waals surface area contributed by atoms with Gasteiger partial charge in [-0.2, -0.15) is 0 Å². The highest BCUT2D eigenvalue weighted by Gasteiger charge is 2.40. The lowest BCUT2D eigenvalue weighted by Crippen LogP contribution is -2.28. The largest absolute Gasteiger partial charge is 0.439 e. The topological polar surface area (TPSA) is 149 Å². The van der Waals surface area contributed by atoms with Crippen LogP contribution in [0.25, 0.3) is 33.3 Å². The summed E-state index contributed by atoms with van der Waals surface area (Å²) in [5, 5.41) is 27.7. The average Bonchev–Trinajstić information content (AvgIpc) is 4.02. The van der Waals surface area contributed by atoms with Gasteiger partial charge in [0.15, 0.2) is 9.84 Å². The minimum absolute atomic E-state index is 0.136. The molecular weight excluding hydrogens is 793 g/mol. The third-order valence-electron chi connectivity index (χ3n) is 11.3. The Bertz CT molecular complexity index is 3030. The molecule has 4 heterocycles. The van der Waals surface area contributed by atoms with Gasteiger partial charge in [0.05, 0.1) is 21.4 Å². The van der Waals surface area contributed by atoms with E-state index >= 15 is 8.42 Å². The zero-order valence-corrected chi connectivity index (χ0v) is 33.0. The van der Waals surface area contributed by atoms with Crippen LogP contribution in [0.5, 0.6) is 11.5 Å². The van der Waals surface area contributed by atoms with Crippen molar-refractivity contribution in [1.29, 1.82) is 0 Å². The predicted molar refractivity (Wildman–Crippen MR) is 233 cm³/mol. The van der Waals surface area contributed by atoms with E-state index in [0.29, 0.717) is 44.9 Å². The van der Waals surface area contributed by atoms with Crippen LogP contribution in [-0.4, -0.2) is 38.9 Å². The van der Waals surface area contributed by atoms with E-state index in [0.717, 1.165) is 21.5 Å². The molecule has 0 amide bonds. The number of aromatic nitrogens is 2. The molecule has 0 saturated heterocycles. The summed E-state index contributed by atoms with van der Waals surface area (Å²) in [6.45, 7) is 0. The van der Waals surface area contributed by atoms with Crippen LogP contribution in [0, 0.1) is 20.2 Å². The van der Waals surface area contributed by atoms with Crippen molar-refractivity contribution < 1.29 is 27.7 Å². The van der Waals surface area contributed by atoms with Crippen molar-refractivity contribution >= 4 is 54.5 Å². The first-order chi connectivity index (χ1) is 29.6. The molecule has 0 saturated carbocycles. The van der Waals surface area contributed by atoms with Crippen molar-refractivity contribution in [3.05, 3.63) is 224 Å². The molecule has 0 radical (unpaired) electrons. The normalized spacial score (nSPS) is 16.2. The van der Waals surface area contributed by atoms with Crippen LogP contribution >= 0.6 is 0 Å². The molecule has 0 N–H and O–H groups in total. The van der Waals surface area contributed by atoms with Crippen LogP contribution < -0.4 is 9.47 Å². The van der Waals surface area contributed by atoms with Gasteiger partial charge in [0.25, 0.3) is 11.4 Å². The number of fused-ring (bicyclic) bond motifs is 6. The maximum atomic E-state index is 15.3. The van der Waals surface area contributed by atoms with Crippen LogP contribution in [0.1, 0.15) is 34.1 Å². The molecule has 8 aromatic rings. The molecule has 2 aromatic heterocycles. The maximum Gasteiger partial charge on any atom is 0.269 e. The highest BCUT2D eigenvalue weighted by molar-refractivity contribution is 7.91. The van der Waals surface area contributed by atoms with Crippen LogP contribution in [0.3, 0.4) is 0 Å². The second-order valence-electron chi connectivity index (χ2n) is 15.1. The molecule has 300 valence electrons. The summed E-state index contributed by atoms with van der Waals surface area (Å²) in [4.78, 5) is 23.4. The number of sulfone groups is 1. The van der Waals surface area contributed by atoms with Crippen molar-refractivity contribution in [2.75, 3.05) is 11.5 Å². The van der Waals surface area contributed by atoms with Crippen LogP contribution in [-0.2, 0) is 9.84 Å². The summed E-state index contributed by atoms with van der Waals surface area (Å²) < 4.78 is 47.7. The average molecular weight is 827 g/mol.